The van der Waals surface area contributed by atoms with Gasteiger partial charge in [-0.15, -0.1) is 0 Å². The van der Waals surface area contributed by atoms with E-state index in [1.165, 1.54) is 19.0 Å². The third-order valence-electron chi connectivity index (χ3n) is 7.97. The number of fused-ring (bicyclic) bond motifs is 4. The molecular weight excluding hydrogens is 588 g/mol. The number of amides is 1. The van der Waals surface area contributed by atoms with Gasteiger partial charge in [-0.2, -0.15) is 0 Å². The van der Waals surface area contributed by atoms with Crippen LogP contribution in [0.1, 0.15) is 28.7 Å². The fourth-order valence-corrected chi connectivity index (χ4v) is 6.94. The lowest BCUT2D eigenvalue weighted by atomic mass is 9.57. The SMILES string of the molecule is CN(C)[C@@H]1C(=O)C(C(N)=O)=C(O)[C@@]2(O)C(=O)C3=C(O)c4c(O)c5c(c(F)c4C[C@H]3C[C@@H]12)CCN(I)C5. The lowest BCUT2D eigenvalue weighted by Gasteiger charge is -2.50. The largest absolute Gasteiger partial charge is 0.508 e. The molecule has 1 fully saturated rings. The summed E-state index contributed by atoms with van der Waals surface area (Å²) in [5.41, 5.74) is 1.96. The molecule has 0 unspecified atom stereocenters. The fraction of sp³-hybridized carbons (Fsp3) is 0.458. The number of aliphatic hydroxyl groups is 3. The maximum atomic E-state index is 15.7. The molecule has 192 valence electrons. The summed E-state index contributed by atoms with van der Waals surface area (Å²) < 4.78 is 17.5. The van der Waals surface area contributed by atoms with Gasteiger partial charge in [0.2, 0.25) is 5.78 Å². The molecule has 0 saturated heterocycles. The Morgan fingerprint density at radius 2 is 1.86 bits per heavy atom. The van der Waals surface area contributed by atoms with Crippen LogP contribution in [0, 0.1) is 17.7 Å². The minimum absolute atomic E-state index is 0.0604. The number of halogens is 2. The minimum Gasteiger partial charge on any atom is -0.508 e. The maximum absolute atomic E-state index is 15.7. The molecule has 6 N–H and O–H groups in total. The number of carbonyl (C=O) groups excluding carboxylic acids is 3. The van der Waals surface area contributed by atoms with Crippen molar-refractivity contribution in [2.24, 2.45) is 17.6 Å². The second kappa shape index (κ2) is 8.23. The number of primary amides is 1. The second-order valence-electron chi connectivity index (χ2n) is 10.0. The van der Waals surface area contributed by atoms with E-state index in [1.807, 2.05) is 3.11 Å². The van der Waals surface area contributed by atoms with Crippen LogP contribution in [0.4, 0.5) is 4.39 Å². The first-order valence-electron chi connectivity index (χ1n) is 11.4. The molecule has 36 heavy (non-hydrogen) atoms. The first-order chi connectivity index (χ1) is 16.8. The lowest BCUT2D eigenvalue weighted by molar-refractivity contribution is -0.153. The van der Waals surface area contributed by atoms with Crippen molar-refractivity contribution in [1.29, 1.82) is 0 Å². The van der Waals surface area contributed by atoms with E-state index in [1.54, 1.807) is 0 Å². The molecule has 0 bridgehead atoms. The number of nitrogens with zero attached hydrogens (tertiary/aromatic N) is 2. The second-order valence-corrected chi connectivity index (χ2v) is 11.4. The molecule has 12 heteroatoms. The third kappa shape index (κ3) is 3.13. The quantitative estimate of drug-likeness (QED) is 0.185. The average molecular weight is 613 g/mol. The van der Waals surface area contributed by atoms with E-state index in [4.69, 9.17) is 5.73 Å². The van der Waals surface area contributed by atoms with Crippen molar-refractivity contribution in [3.05, 3.63) is 45.0 Å². The first kappa shape index (κ1) is 25.1. The highest BCUT2D eigenvalue weighted by Crippen LogP contribution is 2.53. The van der Waals surface area contributed by atoms with Crippen LogP contribution < -0.4 is 5.73 Å². The number of aliphatic hydroxyl groups excluding tert-OH is 2. The Bertz CT molecular complexity index is 1320. The molecule has 1 aromatic carbocycles. The summed E-state index contributed by atoms with van der Waals surface area (Å²) in [5.74, 6) is -7.97. The Labute approximate surface area is 219 Å². The van der Waals surface area contributed by atoms with Gasteiger partial charge in [0.05, 0.1) is 11.6 Å². The number of ketones is 2. The third-order valence-corrected chi connectivity index (χ3v) is 8.79. The van der Waals surface area contributed by atoms with Gasteiger partial charge in [-0.05, 0) is 44.8 Å². The predicted octanol–water partition coefficient (Wildman–Crippen LogP) is 0.811. The highest BCUT2D eigenvalue weighted by molar-refractivity contribution is 14.1. The molecule has 1 amide bonds. The number of nitrogens with two attached hydrogens (primary N) is 1. The number of rotatable bonds is 2. The Morgan fingerprint density at radius 3 is 2.47 bits per heavy atom. The number of hydrogen-bond acceptors (Lipinski definition) is 9. The molecule has 3 aliphatic carbocycles. The van der Waals surface area contributed by atoms with E-state index in [9.17, 15) is 34.8 Å². The molecule has 4 atom stereocenters. The van der Waals surface area contributed by atoms with Crippen molar-refractivity contribution in [1.82, 2.24) is 8.01 Å². The van der Waals surface area contributed by atoms with Crippen molar-refractivity contribution < 1.29 is 39.2 Å². The van der Waals surface area contributed by atoms with E-state index >= 15 is 4.39 Å². The highest BCUT2D eigenvalue weighted by Gasteiger charge is 2.64. The molecule has 1 heterocycles. The van der Waals surface area contributed by atoms with E-state index < -0.39 is 63.9 Å². The number of phenols is 1. The summed E-state index contributed by atoms with van der Waals surface area (Å²) in [4.78, 5) is 40.3. The van der Waals surface area contributed by atoms with Crippen molar-refractivity contribution in [2.75, 3.05) is 20.6 Å². The smallest absolute Gasteiger partial charge is 0.255 e. The normalized spacial score (nSPS) is 30.2. The zero-order valence-electron chi connectivity index (χ0n) is 19.5. The molecular formula is C24H25FIN3O7. The topological polar surface area (TPSA) is 165 Å². The maximum Gasteiger partial charge on any atom is 0.255 e. The molecule has 4 aliphatic rings. The van der Waals surface area contributed by atoms with Gasteiger partial charge in [0.1, 0.15) is 28.7 Å². The van der Waals surface area contributed by atoms with Crippen LogP contribution in [0.2, 0.25) is 0 Å². The number of hydrogen-bond donors (Lipinski definition) is 5. The first-order valence-corrected chi connectivity index (χ1v) is 12.4. The molecule has 1 saturated carbocycles. The monoisotopic (exact) mass is 613 g/mol. The van der Waals surface area contributed by atoms with Gasteiger partial charge in [-0.3, -0.25) is 19.3 Å². The summed E-state index contributed by atoms with van der Waals surface area (Å²) in [6.45, 7) is 0.809. The number of phenolic OH excluding ortho intramolecular Hbond substituents is 1. The standard InChI is InChI=1S/C24H25FIN3O7/c1-28(2)17-12-6-8-5-10-14(18(30)11-7-29(26)4-3-9(11)16(10)25)19(31)13(8)21(33)24(12,36)22(34)15(20(17)32)23(27)35/h8,12,17,30-31,34,36H,3-7H2,1-2H3,(H2,27,35)/t8-,12-,17-,24-/m0/s1. The molecule has 1 aromatic rings. The van der Waals surface area contributed by atoms with Gasteiger partial charge in [0.15, 0.2) is 11.4 Å². The van der Waals surface area contributed by atoms with E-state index in [0.29, 0.717) is 24.1 Å². The Hall–Kier alpha value is -2.55. The molecule has 10 nitrogen and oxygen atoms in total. The molecule has 1 aliphatic heterocycles. The van der Waals surface area contributed by atoms with Gasteiger partial charge < -0.3 is 26.2 Å². The van der Waals surface area contributed by atoms with Crippen LogP contribution in [-0.4, -0.2) is 78.2 Å². The number of Topliss-reactive ketones (excluding diaryl/α,β-unsaturated/α-hetero) is 2. The predicted molar refractivity (Wildman–Crippen MR) is 132 cm³/mol. The molecule has 0 radical (unpaired) electrons. The van der Waals surface area contributed by atoms with Crippen molar-refractivity contribution >= 4 is 46.1 Å². The number of benzene rings is 1. The Kier molecular flexibility index (Phi) is 5.74. The van der Waals surface area contributed by atoms with Crippen LogP contribution in [0.5, 0.6) is 5.75 Å². The average Bonchev–Trinajstić information content (AvgIpc) is 2.79. The zero-order valence-corrected chi connectivity index (χ0v) is 21.7. The zero-order chi connectivity index (χ0) is 26.4. The summed E-state index contributed by atoms with van der Waals surface area (Å²) in [7, 11) is 3.04. The van der Waals surface area contributed by atoms with Crippen LogP contribution in [0.15, 0.2) is 16.9 Å². The summed E-state index contributed by atoms with van der Waals surface area (Å²) >= 11 is 2.05. The Morgan fingerprint density at radius 1 is 1.19 bits per heavy atom. The number of likely N-dealkylation sites (N-methyl/N-ethyl adjacent to an activating group) is 1. The highest BCUT2D eigenvalue weighted by atomic mass is 127. The fourth-order valence-electron chi connectivity index (χ4n) is 6.35. The van der Waals surface area contributed by atoms with Crippen LogP contribution >= 0.6 is 22.9 Å². The summed E-state index contributed by atoms with van der Waals surface area (Å²) in [6.07, 6.45) is 0.222. The van der Waals surface area contributed by atoms with Crippen molar-refractivity contribution in [3.63, 3.8) is 0 Å². The summed E-state index contributed by atoms with van der Waals surface area (Å²) in [6, 6.07) is -1.18. The van der Waals surface area contributed by atoms with Crippen LogP contribution in [-0.2, 0) is 33.8 Å². The van der Waals surface area contributed by atoms with Gasteiger partial charge in [-0.1, -0.05) is 0 Å². The van der Waals surface area contributed by atoms with Gasteiger partial charge >= 0.3 is 0 Å². The van der Waals surface area contributed by atoms with E-state index in [-0.39, 0.29) is 41.8 Å². The van der Waals surface area contributed by atoms with Crippen LogP contribution in [0.25, 0.3) is 5.76 Å². The van der Waals surface area contributed by atoms with Gasteiger partial charge in [0.25, 0.3) is 5.91 Å². The molecule has 0 spiro atoms. The van der Waals surface area contributed by atoms with E-state index in [2.05, 4.69) is 22.9 Å². The Balaban J connectivity index is 1.75. The van der Waals surface area contributed by atoms with Crippen molar-refractivity contribution in [3.8, 4) is 5.75 Å². The number of aromatic hydroxyl groups is 1. The number of carbonyl (C=O) groups is 3. The van der Waals surface area contributed by atoms with Crippen LogP contribution in [0.3, 0.4) is 0 Å². The molecule has 0 aromatic heterocycles. The molecule has 5 rings (SSSR count). The van der Waals surface area contributed by atoms with Gasteiger partial charge in [0, 0.05) is 58.6 Å². The van der Waals surface area contributed by atoms with E-state index in [0.717, 1.165) is 0 Å². The minimum atomic E-state index is -2.72. The van der Waals surface area contributed by atoms with Gasteiger partial charge in [-0.25, -0.2) is 7.50 Å². The lowest BCUT2D eigenvalue weighted by Crippen LogP contribution is -2.65. The van der Waals surface area contributed by atoms with Crippen molar-refractivity contribution in [2.45, 2.75) is 37.5 Å². The summed E-state index contributed by atoms with van der Waals surface area (Å²) in [5, 5.41) is 44.7.